The normalized spacial score (nSPS) is 11.6. The number of carbonyl (C=O) groups is 2. The lowest BCUT2D eigenvalue weighted by molar-refractivity contribution is -0.122. The van der Waals surface area contributed by atoms with E-state index in [9.17, 15) is 9.59 Å². The van der Waals surface area contributed by atoms with Gasteiger partial charge in [0.05, 0.1) is 0 Å². The molecule has 5 nitrogen and oxygen atoms in total. The van der Waals surface area contributed by atoms with Gasteiger partial charge in [-0.15, -0.1) is 0 Å². The summed E-state index contributed by atoms with van der Waals surface area (Å²) in [4.78, 5) is 26.0. The van der Waals surface area contributed by atoms with Crippen LogP contribution in [0, 0.1) is 13.8 Å². The molecule has 0 aliphatic heterocycles. The molecule has 1 unspecified atom stereocenters. The highest BCUT2D eigenvalue weighted by molar-refractivity contribution is 9.10. The number of rotatable bonds is 5. The van der Waals surface area contributed by atoms with E-state index in [0.717, 1.165) is 15.6 Å². The van der Waals surface area contributed by atoms with Gasteiger partial charge >= 0.3 is 0 Å². The van der Waals surface area contributed by atoms with Crippen molar-refractivity contribution in [2.45, 2.75) is 26.9 Å². The summed E-state index contributed by atoms with van der Waals surface area (Å²) in [6.07, 6.45) is -0.679. The molecule has 0 spiro atoms. The minimum absolute atomic E-state index is 0.119. The highest BCUT2D eigenvalue weighted by atomic mass is 79.9. The first-order valence-electron chi connectivity index (χ1n) is 8.25. The molecule has 26 heavy (non-hydrogen) atoms. The largest absolute Gasteiger partial charge is 0.480 e. The third-order valence-corrected chi connectivity index (χ3v) is 4.33. The number of hydrogen-bond acceptors (Lipinski definition) is 3. The Morgan fingerprint density at radius 2 is 1.73 bits per heavy atom. The molecule has 0 heterocycles. The molecule has 2 aromatic rings. The first-order chi connectivity index (χ1) is 12.2. The molecule has 0 radical (unpaired) electrons. The first-order valence-corrected chi connectivity index (χ1v) is 9.04. The van der Waals surface area contributed by atoms with Gasteiger partial charge < -0.3 is 15.0 Å². The van der Waals surface area contributed by atoms with Crippen LogP contribution in [0.4, 0.5) is 5.69 Å². The number of aryl methyl sites for hydroxylation is 2. The average Bonchev–Trinajstić information content (AvgIpc) is 2.57. The second-order valence-corrected chi connectivity index (χ2v) is 7.31. The van der Waals surface area contributed by atoms with Gasteiger partial charge in [-0.1, -0.05) is 22.0 Å². The van der Waals surface area contributed by atoms with Gasteiger partial charge in [-0.3, -0.25) is 9.59 Å². The number of nitrogens with zero attached hydrogens (tertiary/aromatic N) is 1. The lowest BCUT2D eigenvalue weighted by Gasteiger charge is -2.18. The van der Waals surface area contributed by atoms with Crippen molar-refractivity contribution in [3.05, 3.63) is 57.6 Å². The summed E-state index contributed by atoms with van der Waals surface area (Å²) >= 11 is 3.45. The molecule has 0 fully saturated rings. The lowest BCUT2D eigenvalue weighted by atomic mass is 10.1. The van der Waals surface area contributed by atoms with Crippen LogP contribution >= 0.6 is 15.9 Å². The zero-order valence-electron chi connectivity index (χ0n) is 15.6. The summed E-state index contributed by atoms with van der Waals surface area (Å²) in [5.74, 6) is 0.306. The van der Waals surface area contributed by atoms with E-state index in [2.05, 4.69) is 21.2 Å². The van der Waals surface area contributed by atoms with Gasteiger partial charge in [-0.25, -0.2) is 0 Å². The van der Waals surface area contributed by atoms with E-state index in [1.165, 1.54) is 4.90 Å². The maximum absolute atomic E-state index is 12.5. The quantitative estimate of drug-likeness (QED) is 0.792. The molecule has 0 aromatic heterocycles. The minimum Gasteiger partial charge on any atom is -0.480 e. The van der Waals surface area contributed by atoms with Gasteiger partial charge in [0.25, 0.3) is 11.8 Å². The number of benzene rings is 2. The van der Waals surface area contributed by atoms with E-state index >= 15 is 0 Å². The molecule has 1 atom stereocenters. The van der Waals surface area contributed by atoms with Crippen molar-refractivity contribution in [1.29, 1.82) is 0 Å². The van der Waals surface area contributed by atoms with Crippen LogP contribution in [0.1, 0.15) is 28.4 Å². The van der Waals surface area contributed by atoms with Crippen LogP contribution in [-0.2, 0) is 4.79 Å². The molecule has 0 saturated carbocycles. The third-order valence-electron chi connectivity index (χ3n) is 3.87. The molecule has 0 saturated heterocycles. The predicted molar refractivity (Wildman–Crippen MR) is 107 cm³/mol. The molecular weight excluding hydrogens is 396 g/mol. The van der Waals surface area contributed by atoms with Crippen molar-refractivity contribution in [3.63, 3.8) is 0 Å². The summed E-state index contributed by atoms with van der Waals surface area (Å²) < 4.78 is 6.84. The first kappa shape index (κ1) is 20.0. The Morgan fingerprint density at radius 3 is 2.31 bits per heavy atom. The van der Waals surface area contributed by atoms with E-state index in [4.69, 9.17) is 4.74 Å². The van der Waals surface area contributed by atoms with Crippen molar-refractivity contribution in [1.82, 2.24) is 4.90 Å². The summed E-state index contributed by atoms with van der Waals surface area (Å²) in [5, 5.41) is 2.80. The minimum atomic E-state index is -0.679. The SMILES string of the molecule is Cc1cc(Br)cc(C)c1OC(C)C(=O)Nc1cccc(C(=O)N(C)C)c1. The number of ether oxygens (including phenoxy) is 1. The molecular formula is C20H23BrN2O3. The number of hydrogen-bond donors (Lipinski definition) is 1. The topological polar surface area (TPSA) is 58.6 Å². The Kier molecular flexibility index (Phi) is 6.42. The highest BCUT2D eigenvalue weighted by Gasteiger charge is 2.18. The van der Waals surface area contributed by atoms with E-state index in [1.807, 2.05) is 26.0 Å². The molecule has 138 valence electrons. The monoisotopic (exact) mass is 418 g/mol. The van der Waals surface area contributed by atoms with Crippen LogP contribution in [-0.4, -0.2) is 36.9 Å². The van der Waals surface area contributed by atoms with Crippen molar-refractivity contribution in [3.8, 4) is 5.75 Å². The van der Waals surface area contributed by atoms with Crippen LogP contribution in [0.15, 0.2) is 40.9 Å². The van der Waals surface area contributed by atoms with Gasteiger partial charge in [0.2, 0.25) is 0 Å². The fourth-order valence-corrected chi connectivity index (χ4v) is 3.23. The Morgan fingerprint density at radius 1 is 1.12 bits per heavy atom. The summed E-state index contributed by atoms with van der Waals surface area (Å²) in [6, 6.07) is 10.7. The Hall–Kier alpha value is -2.34. The van der Waals surface area contributed by atoms with E-state index in [1.54, 1.807) is 45.3 Å². The molecule has 6 heteroatoms. The molecule has 0 aliphatic rings. The Balaban J connectivity index is 2.11. The van der Waals surface area contributed by atoms with Crippen molar-refractivity contribution in [2.24, 2.45) is 0 Å². The fraction of sp³-hybridized carbons (Fsp3) is 0.300. The van der Waals surface area contributed by atoms with Crippen molar-refractivity contribution >= 4 is 33.4 Å². The number of nitrogens with one attached hydrogen (secondary N) is 1. The van der Waals surface area contributed by atoms with E-state index in [0.29, 0.717) is 17.0 Å². The highest BCUT2D eigenvalue weighted by Crippen LogP contribution is 2.28. The standard InChI is InChI=1S/C20H23BrN2O3/c1-12-9-16(21)10-13(2)18(12)26-14(3)19(24)22-17-8-6-7-15(11-17)20(25)23(4)5/h6-11,14H,1-5H3,(H,22,24). The smallest absolute Gasteiger partial charge is 0.265 e. The van der Waals surface area contributed by atoms with E-state index in [-0.39, 0.29) is 11.8 Å². The third kappa shape index (κ3) is 4.85. The number of amides is 2. The summed E-state index contributed by atoms with van der Waals surface area (Å²) in [5.41, 5.74) is 2.98. The summed E-state index contributed by atoms with van der Waals surface area (Å²) in [7, 11) is 3.37. The number of anilines is 1. The van der Waals surface area contributed by atoms with Crippen LogP contribution < -0.4 is 10.1 Å². The molecule has 0 aliphatic carbocycles. The van der Waals surface area contributed by atoms with Gasteiger partial charge in [0.1, 0.15) is 5.75 Å². The van der Waals surface area contributed by atoms with Gasteiger partial charge in [-0.2, -0.15) is 0 Å². The maximum Gasteiger partial charge on any atom is 0.265 e. The Labute approximate surface area is 162 Å². The second kappa shape index (κ2) is 8.36. The fourth-order valence-electron chi connectivity index (χ4n) is 2.55. The predicted octanol–water partition coefficient (Wildman–Crippen LogP) is 4.17. The molecule has 0 bridgehead atoms. The molecule has 2 aromatic carbocycles. The van der Waals surface area contributed by atoms with Gasteiger partial charge in [0.15, 0.2) is 6.10 Å². The van der Waals surface area contributed by atoms with Crippen LogP contribution in [0.3, 0.4) is 0 Å². The molecule has 1 N–H and O–H groups in total. The number of halogens is 1. The molecule has 2 amide bonds. The second-order valence-electron chi connectivity index (χ2n) is 6.40. The lowest BCUT2D eigenvalue weighted by Crippen LogP contribution is -2.30. The zero-order chi connectivity index (χ0) is 19.4. The van der Waals surface area contributed by atoms with Crippen molar-refractivity contribution < 1.29 is 14.3 Å². The summed E-state index contributed by atoms with van der Waals surface area (Å²) in [6.45, 7) is 5.58. The molecule has 2 rings (SSSR count). The van der Waals surface area contributed by atoms with E-state index < -0.39 is 6.10 Å². The zero-order valence-corrected chi connectivity index (χ0v) is 17.2. The van der Waals surface area contributed by atoms with Crippen molar-refractivity contribution in [2.75, 3.05) is 19.4 Å². The Bertz CT molecular complexity index is 811. The van der Waals surface area contributed by atoms with Gasteiger partial charge in [-0.05, 0) is 62.2 Å². The van der Waals surface area contributed by atoms with Crippen LogP contribution in [0.25, 0.3) is 0 Å². The van der Waals surface area contributed by atoms with Gasteiger partial charge in [0, 0.05) is 29.8 Å². The van der Waals surface area contributed by atoms with Crippen LogP contribution in [0.5, 0.6) is 5.75 Å². The maximum atomic E-state index is 12.5. The van der Waals surface area contributed by atoms with Crippen LogP contribution in [0.2, 0.25) is 0 Å². The number of carbonyl (C=O) groups excluding carboxylic acids is 2. The average molecular weight is 419 g/mol.